The van der Waals surface area contributed by atoms with Crippen LogP contribution in [0, 0.1) is 11.6 Å². The van der Waals surface area contributed by atoms with Crippen molar-refractivity contribution < 1.29 is 31.0 Å². The molecule has 10 heteroatoms. The Morgan fingerprint density at radius 1 is 1.15 bits per heavy atom. The highest BCUT2D eigenvalue weighted by molar-refractivity contribution is 7.85. The van der Waals surface area contributed by atoms with Gasteiger partial charge in [0.25, 0.3) is 0 Å². The molecule has 2 aromatic rings. The molecule has 3 nitrogen and oxygen atoms in total. The molecule has 0 aliphatic carbocycles. The molecule has 0 fully saturated rings. The molecular weight excluding hydrogens is 413 g/mol. The number of hydrogen-bond donors (Lipinski definition) is 1. The maximum Gasteiger partial charge on any atom is 0.418 e. The minimum atomic E-state index is -4.75. The summed E-state index contributed by atoms with van der Waals surface area (Å²) in [5, 5.41) is 0.730. The number of carbonyl (C=O) groups excluding carboxylic acids is 1. The molecule has 2 rings (SSSR count). The Hall–Kier alpha value is -2.00. The largest absolute Gasteiger partial charge is 0.418 e. The van der Waals surface area contributed by atoms with Crippen LogP contribution in [0.1, 0.15) is 18.1 Å². The number of nitrogens with one attached hydrogen (secondary N) is 1. The van der Waals surface area contributed by atoms with Gasteiger partial charge in [-0.1, -0.05) is 17.7 Å². The normalized spacial score (nSPS) is 13.9. The third-order valence-corrected chi connectivity index (χ3v) is 5.46. The standard InChI is InChI=1S/C17H13ClF5NO2S/c1-9(27(26)8-10-2-4-13(19)14(20)6-10)16(25)24-15-5-3-11(18)7-12(15)17(21,22)23/h2-7,9H,8H2,1H3,(H,24,25). The van der Waals surface area contributed by atoms with E-state index in [0.717, 1.165) is 18.2 Å². The third-order valence-electron chi connectivity index (χ3n) is 3.60. The molecule has 0 aliphatic rings. The Balaban J connectivity index is 2.13. The van der Waals surface area contributed by atoms with Crippen molar-refractivity contribution in [3.63, 3.8) is 0 Å². The zero-order chi connectivity index (χ0) is 20.4. The molecule has 0 bridgehead atoms. The first-order chi connectivity index (χ1) is 12.5. The van der Waals surface area contributed by atoms with Gasteiger partial charge in [0.05, 0.1) is 11.3 Å². The molecule has 2 atom stereocenters. The Morgan fingerprint density at radius 3 is 2.41 bits per heavy atom. The van der Waals surface area contributed by atoms with Gasteiger partial charge in [-0.05, 0) is 42.8 Å². The molecule has 0 saturated heterocycles. The summed E-state index contributed by atoms with van der Waals surface area (Å²) in [4.78, 5) is 12.2. The van der Waals surface area contributed by atoms with Crippen LogP contribution >= 0.6 is 11.6 Å². The van der Waals surface area contributed by atoms with E-state index in [1.165, 1.54) is 19.1 Å². The van der Waals surface area contributed by atoms with Crippen LogP contribution in [0.4, 0.5) is 27.6 Å². The fourth-order valence-electron chi connectivity index (χ4n) is 2.13. The predicted molar refractivity (Wildman–Crippen MR) is 92.8 cm³/mol. The summed E-state index contributed by atoms with van der Waals surface area (Å²) < 4.78 is 77.6. The molecule has 0 aliphatic heterocycles. The first kappa shape index (κ1) is 21.3. The quantitative estimate of drug-likeness (QED) is 0.692. The minimum absolute atomic E-state index is 0.157. The number of carbonyl (C=O) groups is 1. The van der Waals surface area contributed by atoms with Gasteiger partial charge < -0.3 is 5.32 Å². The molecule has 1 N–H and O–H groups in total. The van der Waals surface area contributed by atoms with Crippen molar-refractivity contribution in [2.75, 3.05) is 5.32 Å². The predicted octanol–water partition coefficient (Wildman–Crippen LogP) is 4.91. The second-order valence-electron chi connectivity index (χ2n) is 5.59. The van der Waals surface area contributed by atoms with Crippen molar-refractivity contribution >= 4 is 34.0 Å². The van der Waals surface area contributed by atoms with Gasteiger partial charge in [0.15, 0.2) is 11.6 Å². The lowest BCUT2D eigenvalue weighted by atomic mass is 10.1. The lowest BCUT2D eigenvalue weighted by molar-refractivity contribution is -0.137. The smallest absolute Gasteiger partial charge is 0.324 e. The highest BCUT2D eigenvalue weighted by atomic mass is 35.5. The number of hydrogen-bond acceptors (Lipinski definition) is 2. The summed E-state index contributed by atoms with van der Waals surface area (Å²) in [5.74, 6) is -3.38. The van der Waals surface area contributed by atoms with Crippen LogP contribution in [0.15, 0.2) is 36.4 Å². The van der Waals surface area contributed by atoms with E-state index in [4.69, 9.17) is 11.6 Å². The van der Waals surface area contributed by atoms with Crippen LogP contribution in [-0.2, 0) is 27.5 Å². The van der Waals surface area contributed by atoms with Gasteiger partial charge in [-0.2, -0.15) is 13.2 Å². The minimum Gasteiger partial charge on any atom is -0.324 e. The first-order valence-electron chi connectivity index (χ1n) is 7.47. The second-order valence-corrected chi connectivity index (χ2v) is 7.79. The number of amides is 1. The monoisotopic (exact) mass is 425 g/mol. The van der Waals surface area contributed by atoms with Crippen LogP contribution in [0.5, 0.6) is 0 Å². The van der Waals surface area contributed by atoms with E-state index >= 15 is 0 Å². The number of alkyl halides is 3. The van der Waals surface area contributed by atoms with Crippen LogP contribution in [0.3, 0.4) is 0 Å². The Bertz CT molecular complexity index is 888. The van der Waals surface area contributed by atoms with Gasteiger partial charge in [0, 0.05) is 21.6 Å². The van der Waals surface area contributed by atoms with E-state index in [2.05, 4.69) is 5.32 Å². The fourth-order valence-corrected chi connectivity index (χ4v) is 3.36. The van der Waals surface area contributed by atoms with Crippen molar-refractivity contribution in [1.82, 2.24) is 0 Å². The van der Waals surface area contributed by atoms with Crippen LogP contribution in [0.25, 0.3) is 0 Å². The van der Waals surface area contributed by atoms with Crippen molar-refractivity contribution in [3.05, 3.63) is 64.2 Å². The zero-order valence-corrected chi connectivity index (χ0v) is 15.3. The number of benzene rings is 2. The lowest BCUT2D eigenvalue weighted by Gasteiger charge is -2.16. The van der Waals surface area contributed by atoms with Gasteiger partial charge >= 0.3 is 6.18 Å². The lowest BCUT2D eigenvalue weighted by Crippen LogP contribution is -2.30. The Kier molecular flexibility index (Phi) is 6.59. The molecule has 0 saturated carbocycles. The van der Waals surface area contributed by atoms with Crippen molar-refractivity contribution in [3.8, 4) is 0 Å². The average Bonchev–Trinajstić information content (AvgIpc) is 2.58. The van der Waals surface area contributed by atoms with E-state index in [-0.39, 0.29) is 16.3 Å². The molecule has 0 heterocycles. The molecule has 146 valence electrons. The number of rotatable bonds is 5. The van der Waals surface area contributed by atoms with E-state index < -0.39 is 51.0 Å². The van der Waals surface area contributed by atoms with Crippen LogP contribution in [0.2, 0.25) is 5.02 Å². The molecule has 0 spiro atoms. The van der Waals surface area contributed by atoms with Crippen molar-refractivity contribution in [2.45, 2.75) is 24.1 Å². The van der Waals surface area contributed by atoms with Crippen molar-refractivity contribution in [2.24, 2.45) is 0 Å². The second kappa shape index (κ2) is 8.35. The summed E-state index contributed by atoms with van der Waals surface area (Å²) in [6.07, 6.45) is -4.75. The molecule has 1 amide bonds. The van der Waals surface area contributed by atoms with E-state index in [1.54, 1.807) is 0 Å². The molecular formula is C17H13ClF5NO2S. The maximum absolute atomic E-state index is 13.2. The SMILES string of the molecule is CC(C(=O)Nc1ccc(Cl)cc1C(F)(F)F)S(=O)Cc1ccc(F)c(F)c1. The van der Waals surface area contributed by atoms with E-state index in [0.29, 0.717) is 6.07 Å². The molecule has 0 radical (unpaired) electrons. The fraction of sp³-hybridized carbons (Fsp3) is 0.235. The Labute approximate surface area is 159 Å². The van der Waals surface area contributed by atoms with Crippen molar-refractivity contribution in [1.29, 1.82) is 0 Å². The average molecular weight is 426 g/mol. The third kappa shape index (κ3) is 5.49. The molecule has 2 unspecified atom stereocenters. The highest BCUT2D eigenvalue weighted by Gasteiger charge is 2.34. The van der Waals surface area contributed by atoms with Crippen LogP contribution in [-0.4, -0.2) is 15.4 Å². The van der Waals surface area contributed by atoms with Gasteiger partial charge in [-0.15, -0.1) is 0 Å². The summed E-state index contributed by atoms with van der Waals surface area (Å²) in [6.45, 7) is 1.26. The summed E-state index contributed by atoms with van der Waals surface area (Å²) in [7, 11) is -1.88. The Morgan fingerprint density at radius 2 is 1.81 bits per heavy atom. The summed E-state index contributed by atoms with van der Waals surface area (Å²) >= 11 is 5.57. The highest BCUT2D eigenvalue weighted by Crippen LogP contribution is 2.36. The summed E-state index contributed by atoms with van der Waals surface area (Å²) in [6, 6.07) is 5.75. The maximum atomic E-state index is 13.2. The van der Waals surface area contributed by atoms with Gasteiger partial charge in [-0.3, -0.25) is 9.00 Å². The molecule has 27 heavy (non-hydrogen) atoms. The molecule has 2 aromatic carbocycles. The van der Waals surface area contributed by atoms with E-state index in [1.807, 2.05) is 0 Å². The summed E-state index contributed by atoms with van der Waals surface area (Å²) in [5.41, 5.74) is -1.47. The topological polar surface area (TPSA) is 46.2 Å². The molecule has 0 aromatic heterocycles. The van der Waals surface area contributed by atoms with Gasteiger partial charge in [0.1, 0.15) is 5.25 Å². The first-order valence-corrected chi connectivity index (χ1v) is 9.23. The van der Waals surface area contributed by atoms with Crippen LogP contribution < -0.4 is 5.32 Å². The number of anilines is 1. The van der Waals surface area contributed by atoms with Gasteiger partial charge in [-0.25, -0.2) is 8.78 Å². The van der Waals surface area contributed by atoms with E-state index in [9.17, 15) is 31.0 Å². The van der Waals surface area contributed by atoms with Gasteiger partial charge in [0.2, 0.25) is 5.91 Å². The zero-order valence-electron chi connectivity index (χ0n) is 13.7. The number of halogens is 6.